The Labute approximate surface area is 110 Å². The summed E-state index contributed by atoms with van der Waals surface area (Å²) in [6.45, 7) is 1.83. The van der Waals surface area contributed by atoms with Crippen LogP contribution in [-0.2, 0) is 0 Å². The standard InChI is InChI=1S/C14H18F3NO/c1-9-7-12(19)5-6-13(9)18-11-4-2-3-10(8-11)14(15,16)17/h5-7,10-11,18-19H,2-4,8H2,1H3. The van der Waals surface area contributed by atoms with Gasteiger partial charge in [0.25, 0.3) is 0 Å². The molecule has 0 aliphatic heterocycles. The molecule has 19 heavy (non-hydrogen) atoms. The SMILES string of the molecule is Cc1cc(O)ccc1NC1CCCC(C(F)(F)F)C1. The van der Waals surface area contributed by atoms with Gasteiger partial charge in [-0.3, -0.25) is 0 Å². The second-order valence-corrected chi connectivity index (χ2v) is 5.25. The fourth-order valence-corrected chi connectivity index (χ4v) is 2.65. The van der Waals surface area contributed by atoms with Gasteiger partial charge in [-0.25, -0.2) is 0 Å². The first-order chi connectivity index (χ1) is 8.86. The highest BCUT2D eigenvalue weighted by Crippen LogP contribution is 2.38. The number of aromatic hydroxyl groups is 1. The van der Waals surface area contributed by atoms with E-state index in [9.17, 15) is 18.3 Å². The predicted molar refractivity (Wildman–Crippen MR) is 68.3 cm³/mol. The maximum absolute atomic E-state index is 12.7. The molecule has 1 aromatic rings. The Morgan fingerprint density at radius 2 is 2.00 bits per heavy atom. The number of alkyl halides is 3. The second-order valence-electron chi connectivity index (χ2n) is 5.25. The van der Waals surface area contributed by atoms with E-state index in [1.165, 1.54) is 0 Å². The Balaban J connectivity index is 2.03. The number of phenolic OH excluding ortho intramolecular Hbond substituents is 1. The fraction of sp³-hybridized carbons (Fsp3) is 0.571. The van der Waals surface area contributed by atoms with Crippen LogP contribution in [0.5, 0.6) is 5.75 Å². The van der Waals surface area contributed by atoms with E-state index in [0.29, 0.717) is 6.42 Å². The van der Waals surface area contributed by atoms with Crippen LogP contribution in [0.4, 0.5) is 18.9 Å². The summed E-state index contributed by atoms with van der Waals surface area (Å²) in [5.74, 6) is -1.03. The predicted octanol–water partition coefficient (Wildman–Crippen LogP) is 4.23. The number of hydrogen-bond acceptors (Lipinski definition) is 2. The minimum atomic E-state index is -4.09. The summed E-state index contributed by atoms with van der Waals surface area (Å²) in [6, 6.07) is 4.71. The van der Waals surface area contributed by atoms with Gasteiger partial charge in [-0.05, 0) is 49.9 Å². The third-order valence-electron chi connectivity index (χ3n) is 3.71. The van der Waals surface area contributed by atoms with E-state index < -0.39 is 12.1 Å². The monoisotopic (exact) mass is 273 g/mol. The molecule has 2 rings (SSSR count). The van der Waals surface area contributed by atoms with Gasteiger partial charge in [0.2, 0.25) is 0 Å². The first-order valence-corrected chi connectivity index (χ1v) is 6.49. The molecule has 0 spiro atoms. The lowest BCUT2D eigenvalue weighted by Crippen LogP contribution is -2.34. The van der Waals surface area contributed by atoms with E-state index in [1.54, 1.807) is 18.2 Å². The van der Waals surface area contributed by atoms with E-state index in [4.69, 9.17) is 0 Å². The average molecular weight is 273 g/mol. The zero-order valence-corrected chi connectivity index (χ0v) is 10.8. The molecule has 2 atom stereocenters. The van der Waals surface area contributed by atoms with Gasteiger partial charge in [-0.2, -0.15) is 13.2 Å². The van der Waals surface area contributed by atoms with E-state index in [-0.39, 0.29) is 24.6 Å². The Morgan fingerprint density at radius 3 is 2.63 bits per heavy atom. The van der Waals surface area contributed by atoms with Crippen molar-refractivity contribution in [1.29, 1.82) is 0 Å². The number of halogens is 3. The van der Waals surface area contributed by atoms with Crippen LogP contribution in [0.15, 0.2) is 18.2 Å². The normalized spacial score (nSPS) is 24.2. The molecule has 1 saturated carbocycles. The van der Waals surface area contributed by atoms with Crippen LogP contribution in [0.3, 0.4) is 0 Å². The van der Waals surface area contributed by atoms with Crippen molar-refractivity contribution < 1.29 is 18.3 Å². The van der Waals surface area contributed by atoms with Crippen LogP contribution in [0, 0.1) is 12.8 Å². The number of anilines is 1. The first-order valence-electron chi connectivity index (χ1n) is 6.49. The summed E-state index contributed by atoms with van der Waals surface area (Å²) in [4.78, 5) is 0. The molecule has 1 aliphatic carbocycles. The molecule has 2 N–H and O–H groups in total. The third-order valence-corrected chi connectivity index (χ3v) is 3.71. The summed E-state index contributed by atoms with van der Waals surface area (Å²) in [5, 5.41) is 12.5. The molecular formula is C14H18F3NO. The van der Waals surface area contributed by atoms with Crippen molar-refractivity contribution in [1.82, 2.24) is 0 Å². The summed E-state index contributed by atoms with van der Waals surface area (Å²) in [5.41, 5.74) is 1.64. The lowest BCUT2D eigenvalue weighted by atomic mass is 9.85. The van der Waals surface area contributed by atoms with Gasteiger partial charge in [0.05, 0.1) is 5.92 Å². The molecule has 5 heteroatoms. The van der Waals surface area contributed by atoms with Crippen LogP contribution in [-0.4, -0.2) is 17.3 Å². The molecule has 1 fully saturated rings. The van der Waals surface area contributed by atoms with Crippen molar-refractivity contribution in [2.45, 2.75) is 44.8 Å². The van der Waals surface area contributed by atoms with E-state index in [2.05, 4.69) is 5.32 Å². The van der Waals surface area contributed by atoms with Crippen molar-refractivity contribution in [3.63, 3.8) is 0 Å². The van der Waals surface area contributed by atoms with Crippen LogP contribution >= 0.6 is 0 Å². The van der Waals surface area contributed by atoms with Gasteiger partial charge in [0.1, 0.15) is 5.75 Å². The molecule has 0 aromatic heterocycles. The van der Waals surface area contributed by atoms with Gasteiger partial charge in [-0.1, -0.05) is 6.42 Å². The molecule has 0 saturated heterocycles. The van der Waals surface area contributed by atoms with Crippen LogP contribution in [0.1, 0.15) is 31.2 Å². The number of phenols is 1. The Bertz CT molecular complexity index is 445. The zero-order valence-electron chi connectivity index (χ0n) is 10.8. The summed E-state index contributed by atoms with van der Waals surface area (Å²) >= 11 is 0. The first kappa shape index (κ1) is 14.0. The summed E-state index contributed by atoms with van der Waals surface area (Å²) in [6.07, 6.45) is -2.38. The lowest BCUT2D eigenvalue weighted by Gasteiger charge is -2.32. The van der Waals surface area contributed by atoms with Crippen LogP contribution < -0.4 is 5.32 Å². The fourth-order valence-electron chi connectivity index (χ4n) is 2.65. The van der Waals surface area contributed by atoms with Crippen molar-refractivity contribution in [2.75, 3.05) is 5.32 Å². The number of aryl methyl sites for hydroxylation is 1. The van der Waals surface area contributed by atoms with Crippen molar-refractivity contribution in [3.8, 4) is 5.75 Å². The van der Waals surface area contributed by atoms with E-state index in [1.807, 2.05) is 6.92 Å². The highest BCUT2D eigenvalue weighted by Gasteiger charge is 2.42. The van der Waals surface area contributed by atoms with Crippen molar-refractivity contribution in [3.05, 3.63) is 23.8 Å². The zero-order chi connectivity index (χ0) is 14.0. The van der Waals surface area contributed by atoms with Crippen LogP contribution in [0.2, 0.25) is 0 Å². The van der Waals surface area contributed by atoms with E-state index in [0.717, 1.165) is 17.7 Å². The molecule has 0 radical (unpaired) electrons. The Hall–Kier alpha value is -1.39. The van der Waals surface area contributed by atoms with Gasteiger partial charge in [0.15, 0.2) is 0 Å². The topological polar surface area (TPSA) is 32.3 Å². The summed E-state index contributed by atoms with van der Waals surface area (Å²) in [7, 11) is 0. The quantitative estimate of drug-likeness (QED) is 0.790. The van der Waals surface area contributed by atoms with Gasteiger partial charge in [0, 0.05) is 11.7 Å². The second kappa shape index (κ2) is 5.31. The molecule has 0 amide bonds. The molecule has 2 unspecified atom stereocenters. The minimum absolute atomic E-state index is 0.129. The van der Waals surface area contributed by atoms with E-state index >= 15 is 0 Å². The summed E-state index contributed by atoms with van der Waals surface area (Å²) < 4.78 is 38.2. The molecule has 1 aromatic carbocycles. The Kier molecular flexibility index (Phi) is 3.92. The van der Waals surface area contributed by atoms with Crippen LogP contribution in [0.25, 0.3) is 0 Å². The highest BCUT2D eigenvalue weighted by atomic mass is 19.4. The maximum atomic E-state index is 12.7. The molecule has 106 valence electrons. The minimum Gasteiger partial charge on any atom is -0.508 e. The molecule has 0 bridgehead atoms. The maximum Gasteiger partial charge on any atom is 0.391 e. The van der Waals surface area contributed by atoms with Gasteiger partial charge >= 0.3 is 6.18 Å². The molecule has 1 aliphatic rings. The smallest absolute Gasteiger partial charge is 0.391 e. The highest BCUT2D eigenvalue weighted by molar-refractivity contribution is 5.53. The largest absolute Gasteiger partial charge is 0.508 e. The number of nitrogens with one attached hydrogen (secondary N) is 1. The molecule has 2 nitrogen and oxygen atoms in total. The lowest BCUT2D eigenvalue weighted by molar-refractivity contribution is -0.182. The van der Waals surface area contributed by atoms with Crippen molar-refractivity contribution in [2.24, 2.45) is 5.92 Å². The number of rotatable bonds is 2. The molecule has 0 heterocycles. The van der Waals surface area contributed by atoms with Gasteiger partial charge < -0.3 is 10.4 Å². The molecular weight excluding hydrogens is 255 g/mol. The number of hydrogen-bond donors (Lipinski definition) is 2. The Morgan fingerprint density at radius 1 is 1.26 bits per heavy atom. The number of benzene rings is 1. The third kappa shape index (κ3) is 3.55. The van der Waals surface area contributed by atoms with Crippen molar-refractivity contribution >= 4 is 5.69 Å². The van der Waals surface area contributed by atoms with Gasteiger partial charge in [-0.15, -0.1) is 0 Å². The average Bonchev–Trinajstić information content (AvgIpc) is 2.32.